The highest BCUT2D eigenvalue weighted by molar-refractivity contribution is 5.87. The average molecular weight is 601 g/mol. The smallest absolute Gasteiger partial charge is 0.335 e. The van der Waals surface area contributed by atoms with Crippen LogP contribution in [0, 0.1) is 5.92 Å². The highest BCUT2D eigenvalue weighted by Crippen LogP contribution is 2.24. The average Bonchev–Trinajstić information content (AvgIpc) is 3.04. The number of ether oxygens (including phenoxy) is 1. The zero-order chi connectivity index (χ0) is 31.0. The molecule has 9 nitrogen and oxygen atoms in total. The van der Waals surface area contributed by atoms with Crippen LogP contribution in [0.4, 0.5) is 5.95 Å². The van der Waals surface area contributed by atoms with Gasteiger partial charge in [0.15, 0.2) is 0 Å². The lowest BCUT2D eigenvalue weighted by molar-refractivity contribution is -0.137. The number of carboxylic acid groups (broad SMARTS) is 2. The molecule has 0 amide bonds. The maximum atomic E-state index is 11.2. The molecule has 1 saturated heterocycles. The number of rotatable bonds is 18. The lowest BCUT2D eigenvalue weighted by Crippen LogP contribution is -2.47. The maximum absolute atomic E-state index is 11.2. The van der Waals surface area contributed by atoms with Crippen molar-refractivity contribution in [1.29, 1.82) is 0 Å². The molecule has 2 heterocycles. The number of carbonyl (C=O) groups is 2. The molecule has 0 bridgehead atoms. The normalized spacial score (nSPS) is 14.5. The van der Waals surface area contributed by atoms with Crippen molar-refractivity contribution >= 4 is 24.0 Å². The number of piperazine rings is 1. The Hall–Kier alpha value is -4.24. The second-order valence-corrected chi connectivity index (χ2v) is 11.3. The molecule has 1 unspecified atom stereocenters. The Labute approximate surface area is 260 Å². The summed E-state index contributed by atoms with van der Waals surface area (Å²) in [4.78, 5) is 35.7. The summed E-state index contributed by atoms with van der Waals surface area (Å²) in [7, 11) is 0. The number of carboxylic acids is 2. The fourth-order valence-electron chi connectivity index (χ4n) is 5.45. The molecule has 1 atom stereocenters. The highest BCUT2D eigenvalue weighted by Gasteiger charge is 2.18. The monoisotopic (exact) mass is 600 g/mol. The van der Waals surface area contributed by atoms with Crippen LogP contribution in [-0.2, 0) is 11.2 Å². The number of hydrogen-bond acceptors (Lipinski definition) is 7. The van der Waals surface area contributed by atoms with Crippen LogP contribution in [-0.4, -0.2) is 76.4 Å². The van der Waals surface area contributed by atoms with Crippen LogP contribution in [0.15, 0.2) is 73.1 Å². The number of anilines is 1. The van der Waals surface area contributed by atoms with Crippen LogP contribution < -0.4 is 9.64 Å². The van der Waals surface area contributed by atoms with Crippen molar-refractivity contribution in [1.82, 2.24) is 14.9 Å². The predicted molar refractivity (Wildman–Crippen MR) is 172 cm³/mol. The number of benzene rings is 2. The Kier molecular flexibility index (Phi) is 13.2. The number of allylic oxidation sites excluding steroid dienone is 1. The first kappa shape index (κ1) is 32.7. The van der Waals surface area contributed by atoms with Crippen LogP contribution in [0.3, 0.4) is 0 Å². The van der Waals surface area contributed by atoms with E-state index >= 15 is 0 Å². The third-order valence-electron chi connectivity index (χ3n) is 7.96. The third-order valence-corrected chi connectivity index (χ3v) is 7.96. The summed E-state index contributed by atoms with van der Waals surface area (Å²) in [5.41, 5.74) is 2.34. The molecule has 4 rings (SSSR count). The molecule has 44 heavy (non-hydrogen) atoms. The molecular formula is C35H44N4O5. The molecule has 1 aromatic heterocycles. The lowest BCUT2D eigenvalue weighted by Gasteiger charge is -2.34. The van der Waals surface area contributed by atoms with E-state index in [4.69, 9.17) is 9.84 Å². The molecule has 2 aromatic carbocycles. The van der Waals surface area contributed by atoms with Crippen molar-refractivity contribution < 1.29 is 24.5 Å². The molecule has 0 saturated carbocycles. The van der Waals surface area contributed by atoms with E-state index in [1.807, 2.05) is 36.4 Å². The molecule has 3 aromatic rings. The van der Waals surface area contributed by atoms with Crippen LogP contribution >= 0.6 is 0 Å². The standard InChI is InChI=1S/C35H44N4O5/c40-33(41)12-5-2-9-28(27-29-14-17-31(18-15-29)34(42)43)13-16-30-10-3-4-11-32(30)44-26-7-1-6-21-38-22-24-39(25-23-38)35-36-19-8-20-37-35/h3-4,8,10-11,13-20,28H,1-2,5-7,9,12,21-27H2,(H,40,41)(H,42,43)/b16-13+. The van der Waals surface area contributed by atoms with Crippen LogP contribution in [0.25, 0.3) is 6.08 Å². The van der Waals surface area contributed by atoms with E-state index in [1.165, 1.54) is 0 Å². The van der Waals surface area contributed by atoms with Crippen LogP contribution in [0.1, 0.15) is 66.4 Å². The summed E-state index contributed by atoms with van der Waals surface area (Å²) in [6, 6.07) is 16.9. The summed E-state index contributed by atoms with van der Waals surface area (Å²) in [6.07, 6.45) is 14.3. The van der Waals surface area contributed by atoms with Crippen molar-refractivity contribution in [2.24, 2.45) is 5.92 Å². The lowest BCUT2D eigenvalue weighted by atomic mass is 9.92. The quantitative estimate of drug-likeness (QED) is 0.168. The second kappa shape index (κ2) is 17.8. The first-order valence-corrected chi connectivity index (χ1v) is 15.7. The van der Waals surface area contributed by atoms with Crippen LogP contribution in [0.2, 0.25) is 0 Å². The van der Waals surface area contributed by atoms with Gasteiger partial charge in [-0.15, -0.1) is 0 Å². The summed E-state index contributed by atoms with van der Waals surface area (Å²) in [5, 5.41) is 18.2. The summed E-state index contributed by atoms with van der Waals surface area (Å²) in [6.45, 7) is 5.73. The minimum absolute atomic E-state index is 0.167. The van der Waals surface area contributed by atoms with Gasteiger partial charge in [-0.3, -0.25) is 9.69 Å². The Morgan fingerprint density at radius 2 is 1.61 bits per heavy atom. The zero-order valence-corrected chi connectivity index (χ0v) is 25.4. The number of unbranched alkanes of at least 4 members (excludes halogenated alkanes) is 3. The second-order valence-electron chi connectivity index (χ2n) is 11.3. The van der Waals surface area contributed by atoms with Gasteiger partial charge in [-0.25, -0.2) is 14.8 Å². The molecule has 9 heteroatoms. The minimum atomic E-state index is -0.938. The Morgan fingerprint density at radius 1 is 0.864 bits per heavy atom. The van der Waals surface area contributed by atoms with Gasteiger partial charge in [0, 0.05) is 50.6 Å². The molecular weight excluding hydrogens is 556 g/mol. The van der Waals surface area contributed by atoms with E-state index in [0.29, 0.717) is 13.0 Å². The van der Waals surface area contributed by atoms with E-state index in [1.54, 1.807) is 24.5 Å². The Morgan fingerprint density at radius 3 is 2.34 bits per heavy atom. The maximum Gasteiger partial charge on any atom is 0.335 e. The number of aromatic carboxylic acids is 1. The van der Waals surface area contributed by atoms with E-state index in [2.05, 4.69) is 38.0 Å². The first-order valence-electron chi connectivity index (χ1n) is 15.7. The summed E-state index contributed by atoms with van der Waals surface area (Å²) in [5.74, 6) is 0.155. The number of aromatic nitrogens is 2. The summed E-state index contributed by atoms with van der Waals surface area (Å²) >= 11 is 0. The SMILES string of the molecule is O=C(O)CCCCC(/C=C/c1ccccc1OCCCCCN1CCN(c2ncccn2)CC1)Cc1ccc(C(=O)O)cc1. The van der Waals surface area contributed by atoms with Gasteiger partial charge in [0.1, 0.15) is 5.75 Å². The van der Waals surface area contributed by atoms with E-state index < -0.39 is 11.9 Å². The van der Waals surface area contributed by atoms with E-state index in [0.717, 1.165) is 94.1 Å². The van der Waals surface area contributed by atoms with Crippen molar-refractivity contribution in [3.05, 3.63) is 89.8 Å². The van der Waals surface area contributed by atoms with Gasteiger partial charge in [-0.1, -0.05) is 48.9 Å². The van der Waals surface area contributed by atoms with Gasteiger partial charge >= 0.3 is 11.9 Å². The molecule has 1 aliphatic heterocycles. The van der Waals surface area contributed by atoms with Crippen LogP contribution in [0.5, 0.6) is 5.75 Å². The molecule has 0 radical (unpaired) electrons. The van der Waals surface area contributed by atoms with Gasteiger partial charge in [0.2, 0.25) is 5.95 Å². The molecule has 0 aliphatic carbocycles. The molecule has 2 N–H and O–H groups in total. The minimum Gasteiger partial charge on any atom is -0.493 e. The fraction of sp³-hybridized carbons (Fsp3) is 0.429. The zero-order valence-electron chi connectivity index (χ0n) is 25.4. The topological polar surface area (TPSA) is 116 Å². The fourth-order valence-corrected chi connectivity index (χ4v) is 5.45. The van der Waals surface area contributed by atoms with Crippen molar-refractivity contribution in [3.63, 3.8) is 0 Å². The first-order chi connectivity index (χ1) is 21.5. The molecule has 234 valence electrons. The van der Waals surface area contributed by atoms with E-state index in [9.17, 15) is 14.7 Å². The van der Waals surface area contributed by atoms with Gasteiger partial charge in [-0.2, -0.15) is 0 Å². The molecule has 1 aliphatic rings. The van der Waals surface area contributed by atoms with Gasteiger partial charge < -0.3 is 19.8 Å². The van der Waals surface area contributed by atoms with E-state index in [-0.39, 0.29) is 17.9 Å². The summed E-state index contributed by atoms with van der Waals surface area (Å²) < 4.78 is 6.20. The highest BCUT2D eigenvalue weighted by atomic mass is 16.5. The predicted octanol–water partition coefficient (Wildman–Crippen LogP) is 6.06. The van der Waals surface area contributed by atoms with Crippen molar-refractivity contribution in [2.45, 2.75) is 51.4 Å². The number of nitrogens with zero attached hydrogens (tertiary/aromatic N) is 4. The Balaban J connectivity index is 1.22. The third kappa shape index (κ3) is 11.1. The molecule has 0 spiro atoms. The largest absolute Gasteiger partial charge is 0.493 e. The number of para-hydroxylation sites is 1. The Bertz CT molecular complexity index is 1320. The number of hydrogen-bond donors (Lipinski definition) is 2. The van der Waals surface area contributed by atoms with Gasteiger partial charge in [0.25, 0.3) is 0 Å². The van der Waals surface area contributed by atoms with Gasteiger partial charge in [-0.05, 0) is 80.8 Å². The van der Waals surface area contributed by atoms with Crippen molar-refractivity contribution in [2.75, 3.05) is 44.2 Å². The molecule has 1 fully saturated rings. The van der Waals surface area contributed by atoms with Gasteiger partial charge in [0.05, 0.1) is 12.2 Å². The number of aliphatic carboxylic acids is 1. The van der Waals surface area contributed by atoms with Crippen molar-refractivity contribution in [3.8, 4) is 5.75 Å².